The molecule has 3 heterocycles. The first-order valence-electron chi connectivity index (χ1n) is 10.5. The van der Waals surface area contributed by atoms with Gasteiger partial charge in [0.05, 0.1) is 24.4 Å². The highest BCUT2D eigenvalue weighted by atomic mass is 32.1. The van der Waals surface area contributed by atoms with Gasteiger partial charge in [0, 0.05) is 18.0 Å². The summed E-state index contributed by atoms with van der Waals surface area (Å²) in [6.45, 7) is 5.54. The van der Waals surface area contributed by atoms with Crippen LogP contribution in [0.15, 0.2) is 67.0 Å². The van der Waals surface area contributed by atoms with Crippen LogP contribution in [-0.4, -0.2) is 46.5 Å². The zero-order valence-corrected chi connectivity index (χ0v) is 19.7. The van der Waals surface area contributed by atoms with E-state index in [2.05, 4.69) is 16.5 Å². The van der Waals surface area contributed by atoms with E-state index in [9.17, 15) is 19.5 Å². The molecule has 1 saturated heterocycles. The number of hydrogen-bond donors (Lipinski definition) is 1. The number of ether oxygens (including phenoxy) is 2. The van der Waals surface area contributed by atoms with E-state index in [4.69, 9.17) is 9.47 Å². The summed E-state index contributed by atoms with van der Waals surface area (Å²) in [7, 11) is 1.25. The molecule has 2 aromatic heterocycles. The number of amides is 1. The van der Waals surface area contributed by atoms with Crippen molar-refractivity contribution in [2.24, 2.45) is 0 Å². The van der Waals surface area contributed by atoms with Crippen LogP contribution in [0.2, 0.25) is 0 Å². The molecule has 0 aliphatic carbocycles. The number of nitrogens with zero attached hydrogens (tertiary/aromatic N) is 3. The van der Waals surface area contributed by atoms with Crippen LogP contribution in [0.1, 0.15) is 32.5 Å². The molecule has 9 nitrogen and oxygen atoms in total. The number of benzene rings is 1. The molecule has 0 spiro atoms. The topological polar surface area (TPSA) is 119 Å². The van der Waals surface area contributed by atoms with Crippen LogP contribution in [-0.2, 0) is 14.3 Å². The van der Waals surface area contributed by atoms with Crippen LogP contribution in [0, 0.1) is 6.92 Å². The molecule has 4 rings (SSSR count). The highest BCUT2D eigenvalue weighted by molar-refractivity contribution is 7.17. The molecule has 1 aliphatic heterocycles. The van der Waals surface area contributed by atoms with Gasteiger partial charge in [-0.1, -0.05) is 36.1 Å². The number of ketones is 1. The molecule has 1 atom stereocenters. The van der Waals surface area contributed by atoms with Gasteiger partial charge in [0.1, 0.15) is 23.0 Å². The Bertz CT molecular complexity index is 1330. The first-order valence-corrected chi connectivity index (χ1v) is 11.3. The van der Waals surface area contributed by atoms with Gasteiger partial charge in [-0.15, -0.1) is 0 Å². The van der Waals surface area contributed by atoms with Crippen LogP contribution in [0.3, 0.4) is 0 Å². The normalized spacial score (nSPS) is 16.9. The molecule has 1 fully saturated rings. The summed E-state index contributed by atoms with van der Waals surface area (Å²) in [6.07, 6.45) is 4.55. The number of hydrogen-bond acceptors (Lipinski definition) is 9. The monoisotopic (exact) mass is 491 g/mol. The highest BCUT2D eigenvalue weighted by Gasteiger charge is 2.48. The molecule has 0 bridgehead atoms. The molecule has 1 unspecified atom stereocenters. The Morgan fingerprint density at radius 3 is 2.51 bits per heavy atom. The largest absolute Gasteiger partial charge is 0.507 e. The van der Waals surface area contributed by atoms with Crippen molar-refractivity contribution in [3.8, 4) is 5.75 Å². The predicted octanol–water partition coefficient (Wildman–Crippen LogP) is 3.82. The second-order valence-electron chi connectivity index (χ2n) is 7.48. The summed E-state index contributed by atoms with van der Waals surface area (Å²) < 4.78 is 10.3. The van der Waals surface area contributed by atoms with E-state index in [1.165, 1.54) is 36.5 Å². The van der Waals surface area contributed by atoms with Crippen LogP contribution >= 0.6 is 11.3 Å². The van der Waals surface area contributed by atoms with Crippen molar-refractivity contribution in [1.29, 1.82) is 0 Å². The maximum Gasteiger partial charge on any atom is 0.350 e. The van der Waals surface area contributed by atoms with E-state index in [0.29, 0.717) is 29.2 Å². The number of aliphatic hydroxyl groups is 1. The maximum absolute atomic E-state index is 13.2. The number of pyridine rings is 1. The van der Waals surface area contributed by atoms with E-state index in [1.54, 1.807) is 37.3 Å². The number of aromatic nitrogens is 2. The Balaban J connectivity index is 1.88. The van der Waals surface area contributed by atoms with Gasteiger partial charge in [-0.05, 0) is 36.8 Å². The third kappa shape index (κ3) is 4.43. The summed E-state index contributed by atoms with van der Waals surface area (Å²) >= 11 is 0.935. The smallest absolute Gasteiger partial charge is 0.350 e. The Hall–Kier alpha value is -4.31. The average molecular weight is 492 g/mol. The van der Waals surface area contributed by atoms with Crippen LogP contribution in [0.25, 0.3) is 5.76 Å². The number of thiazole rings is 1. The fourth-order valence-corrected chi connectivity index (χ4v) is 4.69. The Kier molecular flexibility index (Phi) is 6.74. The number of esters is 1. The fraction of sp³-hybridized carbons (Fsp3) is 0.160. The molecule has 0 radical (unpaired) electrons. The van der Waals surface area contributed by atoms with Gasteiger partial charge in [-0.25, -0.2) is 9.78 Å². The first kappa shape index (κ1) is 23.8. The minimum atomic E-state index is -0.993. The van der Waals surface area contributed by atoms with E-state index in [0.717, 1.165) is 11.3 Å². The minimum Gasteiger partial charge on any atom is -0.507 e. The van der Waals surface area contributed by atoms with E-state index >= 15 is 0 Å². The Labute approximate surface area is 205 Å². The second-order valence-corrected chi connectivity index (χ2v) is 8.45. The van der Waals surface area contributed by atoms with Gasteiger partial charge in [-0.3, -0.25) is 19.5 Å². The summed E-state index contributed by atoms with van der Waals surface area (Å²) in [5, 5.41) is 11.2. The standard InChI is InChI=1S/C25H21N3O6S/c1-4-13-34-17-7-5-15(6-8-17)19-18(20(29)16-9-11-26-12-10-16)21(30)23(31)28(19)25-27-14(2)22(35-25)24(32)33-3/h4-12,19,29H,1,13H2,2-3H3. The number of aliphatic hydroxyl groups excluding tert-OH is 1. The van der Waals surface area contributed by atoms with Crippen LogP contribution < -0.4 is 9.64 Å². The molecule has 1 amide bonds. The minimum absolute atomic E-state index is 0.103. The highest BCUT2D eigenvalue weighted by Crippen LogP contribution is 2.44. The Morgan fingerprint density at radius 2 is 1.89 bits per heavy atom. The van der Waals surface area contributed by atoms with Crippen molar-refractivity contribution >= 4 is 39.9 Å². The quantitative estimate of drug-likeness (QED) is 0.174. The van der Waals surface area contributed by atoms with E-state index in [-0.39, 0.29) is 21.3 Å². The summed E-state index contributed by atoms with van der Waals surface area (Å²) in [6, 6.07) is 8.86. The van der Waals surface area contributed by atoms with Gasteiger partial charge in [-0.2, -0.15) is 0 Å². The first-order chi connectivity index (χ1) is 16.9. The zero-order chi connectivity index (χ0) is 25.1. The number of aryl methyl sites for hydroxylation is 1. The summed E-state index contributed by atoms with van der Waals surface area (Å²) in [5.41, 5.74) is 1.13. The molecule has 178 valence electrons. The second kappa shape index (κ2) is 9.90. The number of methoxy groups -OCH3 is 1. The van der Waals surface area contributed by atoms with Crippen molar-refractivity contribution in [2.45, 2.75) is 13.0 Å². The molecule has 10 heteroatoms. The fourth-order valence-electron chi connectivity index (χ4n) is 3.68. The van der Waals surface area contributed by atoms with E-state index < -0.39 is 23.7 Å². The molecule has 1 N–H and O–H groups in total. The number of rotatable bonds is 7. The lowest BCUT2D eigenvalue weighted by Gasteiger charge is -2.23. The zero-order valence-electron chi connectivity index (χ0n) is 18.9. The lowest BCUT2D eigenvalue weighted by atomic mass is 9.95. The molecule has 0 saturated carbocycles. The number of carbonyl (C=O) groups is 3. The van der Waals surface area contributed by atoms with Crippen LogP contribution in [0.5, 0.6) is 5.75 Å². The molecule has 3 aromatic rings. The van der Waals surface area contributed by atoms with Gasteiger partial charge in [0.2, 0.25) is 0 Å². The van der Waals surface area contributed by atoms with Crippen molar-refractivity contribution in [3.63, 3.8) is 0 Å². The molecule has 35 heavy (non-hydrogen) atoms. The number of anilines is 1. The maximum atomic E-state index is 13.2. The molecule has 1 aliphatic rings. The van der Waals surface area contributed by atoms with E-state index in [1.807, 2.05) is 0 Å². The van der Waals surface area contributed by atoms with Gasteiger partial charge in [0.25, 0.3) is 5.78 Å². The summed E-state index contributed by atoms with van der Waals surface area (Å²) in [4.78, 5) is 48.3. The summed E-state index contributed by atoms with van der Waals surface area (Å²) in [5.74, 6) is -2.11. The lowest BCUT2D eigenvalue weighted by molar-refractivity contribution is -0.132. The third-order valence-electron chi connectivity index (χ3n) is 5.32. The number of Topliss-reactive ketones (excluding diaryl/α,β-unsaturated/α-hetero) is 1. The SMILES string of the molecule is C=CCOc1ccc(C2C(=C(O)c3ccncc3)C(=O)C(=O)N2c2nc(C)c(C(=O)OC)s2)cc1. The van der Waals surface area contributed by atoms with Crippen molar-refractivity contribution in [2.75, 3.05) is 18.6 Å². The third-order valence-corrected chi connectivity index (χ3v) is 6.46. The van der Waals surface area contributed by atoms with Crippen molar-refractivity contribution in [1.82, 2.24) is 9.97 Å². The van der Waals surface area contributed by atoms with Gasteiger partial charge >= 0.3 is 11.9 Å². The lowest BCUT2D eigenvalue weighted by Crippen LogP contribution is -2.29. The predicted molar refractivity (Wildman–Crippen MR) is 129 cm³/mol. The van der Waals surface area contributed by atoms with Crippen molar-refractivity contribution in [3.05, 3.63) is 88.7 Å². The van der Waals surface area contributed by atoms with Gasteiger partial charge < -0.3 is 14.6 Å². The molecular formula is C25H21N3O6S. The average Bonchev–Trinajstić information content (AvgIpc) is 3.39. The van der Waals surface area contributed by atoms with Gasteiger partial charge in [0.15, 0.2) is 5.13 Å². The molecular weight excluding hydrogens is 470 g/mol. The van der Waals surface area contributed by atoms with Crippen molar-refractivity contribution < 1.29 is 29.0 Å². The Morgan fingerprint density at radius 1 is 1.20 bits per heavy atom. The number of carbonyl (C=O) groups excluding carboxylic acids is 3. The molecule has 1 aromatic carbocycles. The van der Waals surface area contributed by atoms with Crippen LogP contribution in [0.4, 0.5) is 5.13 Å².